The fourth-order valence-corrected chi connectivity index (χ4v) is 4.63. The van der Waals surface area contributed by atoms with Gasteiger partial charge in [-0.15, -0.1) is 0 Å². The molecule has 1 fully saturated rings. The molecule has 2 atom stereocenters. The number of hydrogen-bond acceptors (Lipinski definition) is 4. The summed E-state index contributed by atoms with van der Waals surface area (Å²) < 4.78 is 27.5. The molecule has 1 saturated heterocycles. The summed E-state index contributed by atoms with van der Waals surface area (Å²) >= 11 is 0. The molecule has 0 aliphatic carbocycles. The van der Waals surface area contributed by atoms with Gasteiger partial charge in [0.25, 0.3) is 0 Å². The first-order chi connectivity index (χ1) is 9.96. The Labute approximate surface area is 127 Å². The van der Waals surface area contributed by atoms with E-state index in [0.29, 0.717) is 23.0 Å². The Balaban J connectivity index is 2.31. The highest BCUT2D eigenvalue weighted by molar-refractivity contribution is 7.89. The molecule has 0 radical (unpaired) electrons. The van der Waals surface area contributed by atoms with Gasteiger partial charge in [0.15, 0.2) is 0 Å². The van der Waals surface area contributed by atoms with Crippen LogP contribution in [-0.4, -0.2) is 36.8 Å². The first kappa shape index (κ1) is 16.2. The highest BCUT2D eigenvalue weighted by Crippen LogP contribution is 2.30. The second-order valence-electron chi connectivity index (χ2n) is 5.89. The number of rotatable bonds is 5. The normalized spacial score (nSPS) is 24.0. The van der Waals surface area contributed by atoms with Gasteiger partial charge in [-0.25, -0.2) is 8.42 Å². The van der Waals surface area contributed by atoms with Crippen molar-refractivity contribution in [2.75, 3.05) is 18.4 Å². The number of sulfonamides is 1. The topological polar surface area (TPSA) is 62.3 Å². The highest BCUT2D eigenvalue weighted by Gasteiger charge is 2.34. The van der Waals surface area contributed by atoms with E-state index < -0.39 is 10.0 Å². The summed E-state index contributed by atoms with van der Waals surface area (Å²) in [6, 6.07) is 1.78. The van der Waals surface area contributed by atoms with Crippen molar-refractivity contribution in [3.63, 3.8) is 0 Å². The van der Waals surface area contributed by atoms with Gasteiger partial charge in [0.1, 0.15) is 4.90 Å². The van der Waals surface area contributed by atoms with E-state index in [9.17, 15) is 8.42 Å². The van der Waals surface area contributed by atoms with Gasteiger partial charge >= 0.3 is 0 Å². The third kappa shape index (κ3) is 3.55. The second-order valence-corrected chi connectivity index (χ2v) is 7.75. The monoisotopic (exact) mass is 311 g/mol. The molecule has 118 valence electrons. The summed E-state index contributed by atoms with van der Waals surface area (Å²) in [6.45, 7) is 7.56. The van der Waals surface area contributed by atoms with Crippen LogP contribution < -0.4 is 5.32 Å². The molecule has 21 heavy (non-hydrogen) atoms. The van der Waals surface area contributed by atoms with Gasteiger partial charge in [-0.1, -0.05) is 13.8 Å². The summed E-state index contributed by atoms with van der Waals surface area (Å²) in [7, 11) is -3.49. The Morgan fingerprint density at radius 1 is 1.43 bits per heavy atom. The zero-order valence-corrected chi connectivity index (χ0v) is 13.9. The average Bonchev–Trinajstić information content (AvgIpc) is 2.45. The lowest BCUT2D eigenvalue weighted by Crippen LogP contribution is -2.44. The fraction of sp³-hybridized carbons (Fsp3) is 0.667. The predicted octanol–water partition coefficient (Wildman–Crippen LogP) is 2.71. The van der Waals surface area contributed by atoms with E-state index >= 15 is 0 Å². The van der Waals surface area contributed by atoms with Crippen molar-refractivity contribution in [2.45, 2.75) is 51.0 Å². The first-order valence-corrected chi connectivity index (χ1v) is 9.10. The van der Waals surface area contributed by atoms with Crippen LogP contribution in [0.5, 0.6) is 0 Å². The second kappa shape index (κ2) is 6.75. The van der Waals surface area contributed by atoms with E-state index in [0.717, 1.165) is 25.8 Å². The maximum Gasteiger partial charge on any atom is 0.246 e. The lowest BCUT2D eigenvalue weighted by atomic mass is 9.95. The van der Waals surface area contributed by atoms with Gasteiger partial charge in [-0.05, 0) is 38.2 Å². The molecule has 0 amide bonds. The van der Waals surface area contributed by atoms with Crippen molar-refractivity contribution < 1.29 is 8.42 Å². The molecule has 2 heterocycles. The summed E-state index contributed by atoms with van der Waals surface area (Å²) in [5.74, 6) is 0.582. The highest BCUT2D eigenvalue weighted by atomic mass is 32.2. The number of nitrogens with zero attached hydrogens (tertiary/aromatic N) is 2. The van der Waals surface area contributed by atoms with Crippen LogP contribution in [-0.2, 0) is 10.0 Å². The first-order valence-electron chi connectivity index (χ1n) is 7.66. The molecule has 0 aromatic carbocycles. The Hall–Kier alpha value is -1.14. The number of piperidine rings is 1. The van der Waals surface area contributed by atoms with Crippen molar-refractivity contribution in [3.8, 4) is 0 Å². The van der Waals surface area contributed by atoms with E-state index in [2.05, 4.69) is 24.1 Å². The Bertz CT molecular complexity index is 574. The van der Waals surface area contributed by atoms with Gasteiger partial charge in [-0.2, -0.15) is 4.31 Å². The lowest BCUT2D eigenvalue weighted by molar-refractivity contribution is 0.220. The SMILES string of the molecule is CCCNc1ccncc1S(=O)(=O)N1CCC(C)CC1C. The maximum absolute atomic E-state index is 12.9. The predicted molar refractivity (Wildman–Crippen MR) is 84.8 cm³/mol. The van der Waals surface area contributed by atoms with Crippen LogP contribution in [0.1, 0.15) is 40.0 Å². The van der Waals surface area contributed by atoms with E-state index in [-0.39, 0.29) is 6.04 Å². The Morgan fingerprint density at radius 3 is 2.86 bits per heavy atom. The van der Waals surface area contributed by atoms with Crippen LogP contribution in [0.25, 0.3) is 0 Å². The number of nitrogens with one attached hydrogen (secondary N) is 1. The van der Waals surface area contributed by atoms with Crippen LogP contribution in [0, 0.1) is 5.92 Å². The van der Waals surface area contributed by atoms with Crippen LogP contribution in [0.4, 0.5) is 5.69 Å². The van der Waals surface area contributed by atoms with Crippen LogP contribution >= 0.6 is 0 Å². The van der Waals surface area contributed by atoms with Crippen molar-refractivity contribution in [1.29, 1.82) is 0 Å². The molecule has 6 heteroatoms. The molecule has 1 aliphatic rings. The molecule has 2 unspecified atom stereocenters. The molecule has 1 aromatic heterocycles. The molecule has 1 N–H and O–H groups in total. The van der Waals surface area contributed by atoms with Crippen LogP contribution in [0.2, 0.25) is 0 Å². The van der Waals surface area contributed by atoms with Crippen molar-refractivity contribution in [1.82, 2.24) is 9.29 Å². The summed E-state index contributed by atoms with van der Waals surface area (Å²) in [5.41, 5.74) is 0.651. The molecule has 0 bridgehead atoms. The number of aromatic nitrogens is 1. The molecular formula is C15H25N3O2S. The van der Waals surface area contributed by atoms with E-state index in [4.69, 9.17) is 0 Å². The van der Waals surface area contributed by atoms with Crippen molar-refractivity contribution in [3.05, 3.63) is 18.5 Å². The minimum Gasteiger partial charge on any atom is -0.384 e. The quantitative estimate of drug-likeness (QED) is 0.908. The minimum atomic E-state index is -3.49. The molecule has 2 rings (SSSR count). The van der Waals surface area contributed by atoms with Crippen molar-refractivity contribution >= 4 is 15.7 Å². The van der Waals surface area contributed by atoms with E-state index in [1.165, 1.54) is 6.20 Å². The van der Waals surface area contributed by atoms with Gasteiger partial charge < -0.3 is 5.32 Å². The summed E-state index contributed by atoms with van der Waals surface area (Å²) in [6.07, 6.45) is 5.86. The molecule has 5 nitrogen and oxygen atoms in total. The summed E-state index contributed by atoms with van der Waals surface area (Å²) in [4.78, 5) is 4.30. The third-order valence-corrected chi connectivity index (χ3v) is 6.06. The van der Waals surface area contributed by atoms with Gasteiger partial charge in [0.2, 0.25) is 10.0 Å². The zero-order valence-electron chi connectivity index (χ0n) is 13.0. The molecule has 1 aromatic rings. The van der Waals surface area contributed by atoms with E-state index in [1.54, 1.807) is 16.6 Å². The third-order valence-electron chi connectivity index (χ3n) is 4.01. The van der Waals surface area contributed by atoms with Gasteiger partial charge in [-0.3, -0.25) is 4.98 Å². The van der Waals surface area contributed by atoms with Crippen molar-refractivity contribution in [2.24, 2.45) is 5.92 Å². The summed E-state index contributed by atoms with van der Waals surface area (Å²) in [5, 5.41) is 3.19. The average molecular weight is 311 g/mol. The van der Waals surface area contributed by atoms with Gasteiger partial charge in [0.05, 0.1) is 5.69 Å². The molecule has 0 spiro atoms. The van der Waals surface area contributed by atoms with E-state index in [1.807, 2.05) is 6.92 Å². The lowest BCUT2D eigenvalue weighted by Gasteiger charge is -2.35. The number of pyridine rings is 1. The largest absolute Gasteiger partial charge is 0.384 e. The van der Waals surface area contributed by atoms with Gasteiger partial charge in [0, 0.05) is 31.5 Å². The zero-order chi connectivity index (χ0) is 15.5. The molecular weight excluding hydrogens is 286 g/mol. The Kier molecular flexibility index (Phi) is 5.22. The number of hydrogen-bond donors (Lipinski definition) is 1. The smallest absolute Gasteiger partial charge is 0.246 e. The molecule has 0 saturated carbocycles. The maximum atomic E-state index is 12.9. The fourth-order valence-electron chi connectivity index (χ4n) is 2.86. The molecule has 1 aliphatic heterocycles. The standard InChI is InChI=1S/C15H25N3O2S/c1-4-7-17-14-5-8-16-11-15(14)21(19,20)18-9-6-12(2)10-13(18)3/h5,8,11-13H,4,6-7,9-10H2,1-3H3,(H,16,17). The Morgan fingerprint density at radius 2 is 2.19 bits per heavy atom. The van der Waals surface area contributed by atoms with Crippen LogP contribution in [0.3, 0.4) is 0 Å². The number of anilines is 1. The van der Waals surface area contributed by atoms with Crippen LogP contribution in [0.15, 0.2) is 23.4 Å². The minimum absolute atomic E-state index is 0.0398.